The highest BCUT2D eigenvalue weighted by molar-refractivity contribution is 5.47. The molecule has 106 valence electrons. The molecule has 2 rings (SSSR count). The average molecular weight is 291 g/mol. The lowest BCUT2D eigenvalue weighted by molar-refractivity contribution is 0.490. The maximum atomic E-state index is 13.3. The van der Waals surface area contributed by atoms with Crippen LogP contribution in [0.4, 0.5) is 32.0 Å². The molecule has 0 aromatic heterocycles. The Kier molecular flexibility index (Phi) is 3.87. The molecule has 0 bridgehead atoms. The average Bonchev–Trinajstić information content (AvgIpc) is 2.33. The number of rotatable bonds is 3. The fourth-order valence-corrected chi connectivity index (χ4v) is 1.59. The van der Waals surface area contributed by atoms with Crippen LogP contribution < -0.4 is 5.32 Å². The summed E-state index contributed by atoms with van der Waals surface area (Å²) in [5.41, 5.74) is -1.01. The third kappa shape index (κ3) is 2.87. The maximum Gasteiger partial charge on any atom is 0.161 e. The van der Waals surface area contributed by atoms with Gasteiger partial charge in [0.05, 0.1) is 0 Å². The van der Waals surface area contributed by atoms with E-state index in [0.717, 1.165) is 0 Å². The van der Waals surface area contributed by atoms with Gasteiger partial charge in [0.25, 0.3) is 0 Å². The van der Waals surface area contributed by atoms with Crippen LogP contribution >= 0.6 is 0 Å². The summed E-state index contributed by atoms with van der Waals surface area (Å²) in [4.78, 5) is 0. The van der Waals surface area contributed by atoms with Gasteiger partial charge in [-0.15, -0.1) is 0 Å². The Morgan fingerprint density at radius 3 is 1.80 bits per heavy atom. The summed E-state index contributed by atoms with van der Waals surface area (Å²) in [6.45, 7) is -0.498. The maximum absolute atomic E-state index is 13.3. The first-order valence-corrected chi connectivity index (χ1v) is 5.40. The summed E-state index contributed by atoms with van der Waals surface area (Å²) in [6.07, 6.45) is 0. The predicted octanol–water partition coefficient (Wildman–Crippen LogP) is 4.13. The molecular formula is C13H7F6N. The van der Waals surface area contributed by atoms with Gasteiger partial charge in [-0.3, -0.25) is 0 Å². The smallest absolute Gasteiger partial charge is 0.161 e. The molecule has 0 spiro atoms. The van der Waals surface area contributed by atoms with E-state index in [2.05, 4.69) is 5.32 Å². The molecular weight excluding hydrogens is 284 g/mol. The van der Waals surface area contributed by atoms with E-state index in [-0.39, 0.29) is 5.56 Å². The Balaban J connectivity index is 2.23. The Morgan fingerprint density at radius 1 is 0.650 bits per heavy atom. The summed E-state index contributed by atoms with van der Waals surface area (Å²) in [6, 6.07) is 1.76. The largest absolute Gasteiger partial charge is 0.376 e. The zero-order valence-electron chi connectivity index (χ0n) is 9.78. The monoisotopic (exact) mass is 291 g/mol. The van der Waals surface area contributed by atoms with Crippen molar-refractivity contribution in [3.8, 4) is 0 Å². The van der Waals surface area contributed by atoms with Gasteiger partial charge in [-0.1, -0.05) is 0 Å². The van der Waals surface area contributed by atoms with E-state index < -0.39 is 47.1 Å². The molecule has 0 aliphatic rings. The second kappa shape index (κ2) is 5.44. The van der Waals surface area contributed by atoms with Crippen LogP contribution in [0.1, 0.15) is 5.56 Å². The van der Waals surface area contributed by atoms with Crippen LogP contribution in [0.3, 0.4) is 0 Å². The van der Waals surface area contributed by atoms with Gasteiger partial charge in [0.2, 0.25) is 0 Å². The standard InChI is InChI=1S/C13H7F6N/c14-7-2-11(18)13(12(19)3-7)20-5-6-1-9(16)10(17)4-8(6)15/h1-4,20H,5H2. The van der Waals surface area contributed by atoms with Gasteiger partial charge in [-0.05, 0) is 6.07 Å². The molecule has 0 fully saturated rings. The van der Waals surface area contributed by atoms with Gasteiger partial charge in [-0.25, -0.2) is 26.3 Å². The SMILES string of the molecule is Fc1cc(F)c(NCc2cc(F)c(F)cc2F)c(F)c1. The lowest BCUT2D eigenvalue weighted by Gasteiger charge is -2.10. The topological polar surface area (TPSA) is 12.0 Å². The number of benzene rings is 2. The molecule has 0 saturated heterocycles. The van der Waals surface area contributed by atoms with Gasteiger partial charge < -0.3 is 5.32 Å². The van der Waals surface area contributed by atoms with Crippen LogP contribution in [-0.2, 0) is 6.54 Å². The van der Waals surface area contributed by atoms with E-state index in [4.69, 9.17) is 0 Å². The summed E-state index contributed by atoms with van der Waals surface area (Å²) in [7, 11) is 0. The molecule has 1 N–H and O–H groups in total. The zero-order valence-corrected chi connectivity index (χ0v) is 9.78. The number of anilines is 1. The van der Waals surface area contributed by atoms with Crippen LogP contribution in [0.5, 0.6) is 0 Å². The van der Waals surface area contributed by atoms with Crippen molar-refractivity contribution in [2.24, 2.45) is 0 Å². The van der Waals surface area contributed by atoms with E-state index in [9.17, 15) is 26.3 Å². The van der Waals surface area contributed by atoms with Crippen molar-refractivity contribution >= 4 is 5.69 Å². The number of hydrogen-bond acceptors (Lipinski definition) is 1. The Morgan fingerprint density at radius 2 is 1.20 bits per heavy atom. The van der Waals surface area contributed by atoms with Crippen LogP contribution in [-0.4, -0.2) is 0 Å². The van der Waals surface area contributed by atoms with E-state index in [1.165, 1.54) is 0 Å². The summed E-state index contributed by atoms with van der Waals surface area (Å²) in [5, 5.41) is 2.17. The highest BCUT2D eigenvalue weighted by Gasteiger charge is 2.14. The quantitative estimate of drug-likeness (QED) is 0.662. The number of halogens is 6. The molecule has 0 aliphatic heterocycles. The Hall–Kier alpha value is -2.18. The van der Waals surface area contributed by atoms with Gasteiger partial charge in [0.1, 0.15) is 17.3 Å². The molecule has 7 heteroatoms. The molecule has 0 amide bonds. The van der Waals surface area contributed by atoms with Crippen molar-refractivity contribution in [1.82, 2.24) is 0 Å². The van der Waals surface area contributed by atoms with Crippen LogP contribution in [0, 0.1) is 34.9 Å². The summed E-state index contributed by atoms with van der Waals surface area (Å²) < 4.78 is 78.2. The fraction of sp³-hybridized carbons (Fsp3) is 0.0769. The molecule has 0 heterocycles. The van der Waals surface area contributed by atoms with Gasteiger partial charge in [0.15, 0.2) is 23.3 Å². The molecule has 2 aromatic carbocycles. The lowest BCUT2D eigenvalue weighted by Crippen LogP contribution is -2.07. The molecule has 0 atom stereocenters. The molecule has 1 nitrogen and oxygen atoms in total. The van der Waals surface area contributed by atoms with Crippen LogP contribution in [0.15, 0.2) is 24.3 Å². The minimum absolute atomic E-state index is 0.323. The van der Waals surface area contributed by atoms with E-state index in [1.807, 2.05) is 0 Å². The third-order valence-electron chi connectivity index (χ3n) is 2.55. The summed E-state index contributed by atoms with van der Waals surface area (Å²) in [5.74, 6) is -7.27. The molecule has 20 heavy (non-hydrogen) atoms. The second-order valence-corrected chi connectivity index (χ2v) is 3.96. The van der Waals surface area contributed by atoms with E-state index >= 15 is 0 Å². The number of nitrogens with one attached hydrogen (secondary N) is 1. The highest BCUT2D eigenvalue weighted by Crippen LogP contribution is 2.22. The fourth-order valence-electron chi connectivity index (χ4n) is 1.59. The first kappa shape index (κ1) is 14.2. The first-order chi connectivity index (χ1) is 9.38. The van der Waals surface area contributed by atoms with Crippen LogP contribution in [0.2, 0.25) is 0 Å². The summed E-state index contributed by atoms with van der Waals surface area (Å²) >= 11 is 0. The predicted molar refractivity (Wildman–Crippen MR) is 60.0 cm³/mol. The Labute approximate surface area is 109 Å². The van der Waals surface area contributed by atoms with Crippen LogP contribution in [0.25, 0.3) is 0 Å². The van der Waals surface area contributed by atoms with Crippen molar-refractivity contribution < 1.29 is 26.3 Å². The minimum atomic E-state index is -1.37. The van der Waals surface area contributed by atoms with Crippen molar-refractivity contribution in [1.29, 1.82) is 0 Å². The molecule has 0 radical (unpaired) electrons. The molecule has 2 aromatic rings. The second-order valence-electron chi connectivity index (χ2n) is 3.96. The molecule has 0 saturated carbocycles. The Bertz CT molecular complexity index is 633. The number of hydrogen-bond donors (Lipinski definition) is 1. The van der Waals surface area contributed by atoms with Gasteiger partial charge in [0, 0.05) is 30.3 Å². The van der Waals surface area contributed by atoms with E-state index in [0.29, 0.717) is 24.3 Å². The van der Waals surface area contributed by atoms with Gasteiger partial charge in [-0.2, -0.15) is 0 Å². The molecule has 0 aliphatic carbocycles. The lowest BCUT2D eigenvalue weighted by atomic mass is 10.2. The van der Waals surface area contributed by atoms with Crippen molar-refractivity contribution in [2.45, 2.75) is 6.54 Å². The van der Waals surface area contributed by atoms with Gasteiger partial charge >= 0.3 is 0 Å². The van der Waals surface area contributed by atoms with Crippen molar-refractivity contribution in [3.63, 3.8) is 0 Å². The molecule has 0 unspecified atom stereocenters. The normalized spacial score (nSPS) is 10.7. The third-order valence-corrected chi connectivity index (χ3v) is 2.55. The van der Waals surface area contributed by atoms with Crippen molar-refractivity contribution in [2.75, 3.05) is 5.32 Å². The zero-order chi connectivity index (χ0) is 14.9. The minimum Gasteiger partial charge on any atom is -0.376 e. The van der Waals surface area contributed by atoms with Crippen molar-refractivity contribution in [3.05, 3.63) is 64.7 Å². The first-order valence-electron chi connectivity index (χ1n) is 5.40. The van der Waals surface area contributed by atoms with E-state index in [1.54, 1.807) is 0 Å². The highest BCUT2D eigenvalue weighted by atomic mass is 19.2.